The first-order valence-electron chi connectivity index (χ1n) is 7.64. The van der Waals surface area contributed by atoms with Crippen molar-refractivity contribution in [2.45, 2.75) is 46.1 Å². The van der Waals surface area contributed by atoms with Gasteiger partial charge in [-0.15, -0.1) is 0 Å². The number of ether oxygens (including phenoxy) is 1. The Kier molecular flexibility index (Phi) is 7.87. The summed E-state index contributed by atoms with van der Waals surface area (Å²) in [5.41, 5.74) is 0. The predicted molar refractivity (Wildman–Crippen MR) is 78.0 cm³/mol. The predicted octanol–water partition coefficient (Wildman–Crippen LogP) is 2.47. The van der Waals surface area contributed by atoms with Crippen molar-refractivity contribution in [3.05, 3.63) is 0 Å². The molecule has 0 radical (unpaired) electrons. The number of rotatable bonds is 8. The lowest BCUT2D eigenvalue weighted by Gasteiger charge is -2.35. The molecule has 0 unspecified atom stereocenters. The van der Waals surface area contributed by atoms with E-state index in [1.807, 2.05) is 0 Å². The summed E-state index contributed by atoms with van der Waals surface area (Å²) in [6.07, 6.45) is 4.31. The lowest BCUT2D eigenvalue weighted by molar-refractivity contribution is -0.0408. The molecule has 0 aromatic rings. The molecule has 1 saturated heterocycles. The lowest BCUT2D eigenvalue weighted by atomic mass is 10.1. The summed E-state index contributed by atoms with van der Waals surface area (Å²) in [4.78, 5) is 4.97. The molecule has 18 heavy (non-hydrogen) atoms. The van der Waals surface area contributed by atoms with Gasteiger partial charge >= 0.3 is 0 Å². The zero-order valence-corrected chi connectivity index (χ0v) is 12.8. The van der Waals surface area contributed by atoms with Crippen LogP contribution in [0.5, 0.6) is 0 Å². The van der Waals surface area contributed by atoms with Crippen molar-refractivity contribution in [2.75, 3.05) is 46.4 Å². The van der Waals surface area contributed by atoms with E-state index in [1.54, 1.807) is 0 Å². The average Bonchev–Trinajstić information content (AvgIpc) is 2.29. The van der Waals surface area contributed by atoms with Crippen LogP contribution >= 0.6 is 0 Å². The molecule has 0 amide bonds. The molecule has 0 saturated carbocycles. The minimum atomic E-state index is 0.411. The largest absolute Gasteiger partial charge is 0.374 e. The summed E-state index contributed by atoms with van der Waals surface area (Å²) in [6, 6.07) is 0. The Morgan fingerprint density at radius 2 is 2.17 bits per heavy atom. The number of likely N-dealkylation sites (N-methyl/N-ethyl adjacent to an activating group) is 1. The highest BCUT2D eigenvalue weighted by Gasteiger charge is 2.21. The second-order valence-electron chi connectivity index (χ2n) is 6.09. The summed E-state index contributed by atoms with van der Waals surface area (Å²) in [6.45, 7) is 13.5. The molecule has 1 fully saturated rings. The lowest BCUT2D eigenvalue weighted by Crippen LogP contribution is -2.47. The fraction of sp³-hybridized carbons (Fsp3) is 1.00. The second kappa shape index (κ2) is 8.89. The molecule has 0 aromatic heterocycles. The normalized spacial score (nSPS) is 22.0. The third-order valence-electron chi connectivity index (χ3n) is 3.60. The van der Waals surface area contributed by atoms with Crippen LogP contribution in [0.25, 0.3) is 0 Å². The monoisotopic (exact) mass is 256 g/mol. The molecule has 3 nitrogen and oxygen atoms in total. The number of hydrogen-bond donors (Lipinski definition) is 0. The van der Waals surface area contributed by atoms with Crippen LogP contribution in [0, 0.1) is 5.92 Å². The van der Waals surface area contributed by atoms with Crippen molar-refractivity contribution in [3.63, 3.8) is 0 Å². The summed E-state index contributed by atoms with van der Waals surface area (Å²) in [7, 11) is 2.20. The fourth-order valence-electron chi connectivity index (χ4n) is 2.64. The van der Waals surface area contributed by atoms with Gasteiger partial charge in [0.05, 0.1) is 12.7 Å². The van der Waals surface area contributed by atoms with Gasteiger partial charge < -0.3 is 9.64 Å². The average molecular weight is 256 g/mol. The van der Waals surface area contributed by atoms with Crippen molar-refractivity contribution >= 4 is 0 Å². The first-order valence-corrected chi connectivity index (χ1v) is 7.64. The standard InChI is InChI=1S/C15H32N2O/c1-5-8-16(4)12-15-13-17(10-11-18-15)9-6-7-14(2)3/h14-15H,5-13H2,1-4H3/t15-/m1/s1. The van der Waals surface area contributed by atoms with E-state index in [2.05, 4.69) is 37.6 Å². The molecule has 1 aliphatic rings. The molecule has 3 heteroatoms. The highest BCUT2D eigenvalue weighted by atomic mass is 16.5. The maximum atomic E-state index is 5.87. The Bertz CT molecular complexity index is 209. The maximum Gasteiger partial charge on any atom is 0.0829 e. The van der Waals surface area contributed by atoms with E-state index < -0.39 is 0 Å². The molecule has 0 N–H and O–H groups in total. The SMILES string of the molecule is CCCN(C)C[C@@H]1CN(CCCC(C)C)CCO1. The first-order chi connectivity index (χ1) is 8.61. The Hall–Kier alpha value is -0.120. The Balaban J connectivity index is 2.19. The van der Waals surface area contributed by atoms with Gasteiger partial charge in [0.15, 0.2) is 0 Å². The van der Waals surface area contributed by atoms with Gasteiger partial charge in [-0.25, -0.2) is 0 Å². The highest BCUT2D eigenvalue weighted by Crippen LogP contribution is 2.10. The van der Waals surface area contributed by atoms with Crippen molar-refractivity contribution in [2.24, 2.45) is 5.92 Å². The summed E-state index contributed by atoms with van der Waals surface area (Å²) < 4.78 is 5.87. The van der Waals surface area contributed by atoms with Crippen LogP contribution in [0.1, 0.15) is 40.0 Å². The van der Waals surface area contributed by atoms with E-state index in [-0.39, 0.29) is 0 Å². The van der Waals surface area contributed by atoms with E-state index in [1.165, 1.54) is 32.4 Å². The van der Waals surface area contributed by atoms with E-state index in [9.17, 15) is 0 Å². The summed E-state index contributed by atoms with van der Waals surface area (Å²) >= 11 is 0. The van der Waals surface area contributed by atoms with Gasteiger partial charge in [-0.2, -0.15) is 0 Å². The van der Waals surface area contributed by atoms with Gasteiger partial charge in [-0.3, -0.25) is 4.90 Å². The van der Waals surface area contributed by atoms with Gasteiger partial charge in [0, 0.05) is 19.6 Å². The Morgan fingerprint density at radius 1 is 1.39 bits per heavy atom. The van der Waals surface area contributed by atoms with Crippen LogP contribution in [0.3, 0.4) is 0 Å². The van der Waals surface area contributed by atoms with E-state index >= 15 is 0 Å². The minimum Gasteiger partial charge on any atom is -0.374 e. The van der Waals surface area contributed by atoms with Crippen molar-refractivity contribution in [1.29, 1.82) is 0 Å². The molecule has 1 aliphatic heterocycles. The van der Waals surface area contributed by atoms with Gasteiger partial charge in [0.2, 0.25) is 0 Å². The van der Waals surface area contributed by atoms with Crippen LogP contribution in [-0.4, -0.2) is 62.3 Å². The molecular weight excluding hydrogens is 224 g/mol. The Morgan fingerprint density at radius 3 is 2.83 bits per heavy atom. The van der Waals surface area contributed by atoms with Gasteiger partial charge in [-0.1, -0.05) is 20.8 Å². The molecule has 0 bridgehead atoms. The highest BCUT2D eigenvalue weighted by molar-refractivity contribution is 4.74. The third kappa shape index (κ3) is 6.72. The van der Waals surface area contributed by atoms with Crippen LogP contribution < -0.4 is 0 Å². The quantitative estimate of drug-likeness (QED) is 0.663. The van der Waals surface area contributed by atoms with Crippen LogP contribution in [0.4, 0.5) is 0 Å². The van der Waals surface area contributed by atoms with Crippen molar-refractivity contribution in [3.8, 4) is 0 Å². The topological polar surface area (TPSA) is 15.7 Å². The van der Waals surface area contributed by atoms with Crippen molar-refractivity contribution in [1.82, 2.24) is 9.80 Å². The van der Waals surface area contributed by atoms with Crippen molar-refractivity contribution < 1.29 is 4.74 Å². The molecule has 0 spiro atoms. The zero-order valence-electron chi connectivity index (χ0n) is 12.8. The minimum absolute atomic E-state index is 0.411. The first kappa shape index (κ1) is 15.9. The number of morpholine rings is 1. The van der Waals surface area contributed by atoms with Crippen LogP contribution in [-0.2, 0) is 4.74 Å². The molecule has 0 aromatic carbocycles. The second-order valence-corrected chi connectivity index (χ2v) is 6.09. The summed E-state index contributed by atoms with van der Waals surface area (Å²) in [5, 5.41) is 0. The molecule has 1 heterocycles. The van der Waals surface area contributed by atoms with Gasteiger partial charge in [0.25, 0.3) is 0 Å². The maximum absolute atomic E-state index is 5.87. The number of nitrogens with zero attached hydrogens (tertiary/aromatic N) is 2. The van der Waals surface area contributed by atoms with E-state index in [0.29, 0.717) is 6.10 Å². The van der Waals surface area contributed by atoms with Gasteiger partial charge in [-0.05, 0) is 45.3 Å². The van der Waals surface area contributed by atoms with Crippen LogP contribution in [0.15, 0.2) is 0 Å². The zero-order chi connectivity index (χ0) is 13.4. The summed E-state index contributed by atoms with van der Waals surface area (Å²) in [5.74, 6) is 0.831. The molecular formula is C15H32N2O. The smallest absolute Gasteiger partial charge is 0.0829 e. The van der Waals surface area contributed by atoms with E-state index in [0.717, 1.165) is 32.2 Å². The number of hydrogen-bond acceptors (Lipinski definition) is 3. The van der Waals surface area contributed by atoms with Crippen LogP contribution in [0.2, 0.25) is 0 Å². The molecule has 1 atom stereocenters. The van der Waals surface area contributed by atoms with E-state index in [4.69, 9.17) is 4.74 Å². The molecule has 0 aliphatic carbocycles. The molecule has 1 rings (SSSR count). The fourth-order valence-corrected chi connectivity index (χ4v) is 2.64. The van der Waals surface area contributed by atoms with Gasteiger partial charge in [0.1, 0.15) is 0 Å². The third-order valence-corrected chi connectivity index (χ3v) is 3.60. The Labute approximate surface area is 113 Å². The molecule has 108 valence electrons.